The van der Waals surface area contributed by atoms with Gasteiger partial charge in [0.1, 0.15) is 5.75 Å². The Morgan fingerprint density at radius 1 is 1.33 bits per heavy atom. The SMILES string of the molecule is Cc1cccnc1/N=C/c1cc(Br)cc(Br)c1O. The third kappa shape index (κ3) is 2.97. The maximum Gasteiger partial charge on any atom is 0.154 e. The molecule has 1 N–H and O–H groups in total. The van der Waals surface area contributed by atoms with E-state index in [1.54, 1.807) is 24.5 Å². The highest BCUT2D eigenvalue weighted by Gasteiger charge is 2.05. The minimum atomic E-state index is 0.163. The van der Waals surface area contributed by atoms with E-state index in [1.807, 2.05) is 19.1 Å². The van der Waals surface area contributed by atoms with Crippen molar-refractivity contribution < 1.29 is 5.11 Å². The largest absolute Gasteiger partial charge is 0.506 e. The van der Waals surface area contributed by atoms with Crippen LogP contribution in [0.15, 0.2) is 44.4 Å². The monoisotopic (exact) mass is 368 g/mol. The number of aliphatic imine (C=N–C) groups is 1. The van der Waals surface area contributed by atoms with Crippen molar-refractivity contribution >= 4 is 43.9 Å². The van der Waals surface area contributed by atoms with Crippen molar-refractivity contribution in [1.29, 1.82) is 0 Å². The lowest BCUT2D eigenvalue weighted by molar-refractivity contribution is 0.471. The van der Waals surface area contributed by atoms with E-state index >= 15 is 0 Å². The Kier molecular flexibility index (Phi) is 4.14. The smallest absolute Gasteiger partial charge is 0.154 e. The molecular weight excluding hydrogens is 360 g/mol. The average Bonchev–Trinajstić information content (AvgIpc) is 2.33. The number of phenolic OH excluding ortho intramolecular Hbond substituents is 1. The zero-order chi connectivity index (χ0) is 13.1. The number of aromatic hydroxyl groups is 1. The lowest BCUT2D eigenvalue weighted by Gasteiger charge is -2.03. The number of rotatable bonds is 2. The van der Waals surface area contributed by atoms with Gasteiger partial charge in [0, 0.05) is 22.4 Å². The lowest BCUT2D eigenvalue weighted by Crippen LogP contribution is -1.86. The fraction of sp³-hybridized carbons (Fsp3) is 0.0769. The van der Waals surface area contributed by atoms with Crippen molar-refractivity contribution in [3.8, 4) is 5.75 Å². The predicted octanol–water partition coefficient (Wildman–Crippen LogP) is 4.37. The average molecular weight is 370 g/mol. The molecule has 0 bridgehead atoms. The maximum atomic E-state index is 9.89. The molecule has 1 heterocycles. The molecular formula is C13H10Br2N2O. The molecule has 0 aliphatic carbocycles. The Labute approximate surface area is 122 Å². The molecule has 0 amide bonds. The molecule has 0 radical (unpaired) electrons. The Morgan fingerprint density at radius 2 is 2.11 bits per heavy atom. The van der Waals surface area contributed by atoms with Gasteiger partial charge >= 0.3 is 0 Å². The van der Waals surface area contributed by atoms with Crippen LogP contribution in [-0.4, -0.2) is 16.3 Å². The number of pyridine rings is 1. The molecule has 5 heteroatoms. The summed E-state index contributed by atoms with van der Waals surface area (Å²) in [5.41, 5.74) is 1.61. The second-order valence-corrected chi connectivity index (χ2v) is 5.50. The summed E-state index contributed by atoms with van der Waals surface area (Å²) in [5, 5.41) is 9.89. The van der Waals surface area contributed by atoms with E-state index in [0.717, 1.165) is 10.0 Å². The van der Waals surface area contributed by atoms with Crippen molar-refractivity contribution in [3.63, 3.8) is 0 Å². The topological polar surface area (TPSA) is 45.5 Å². The van der Waals surface area contributed by atoms with Gasteiger partial charge in [-0.25, -0.2) is 9.98 Å². The summed E-state index contributed by atoms with van der Waals surface area (Å²) < 4.78 is 1.49. The zero-order valence-electron chi connectivity index (χ0n) is 9.56. The molecule has 18 heavy (non-hydrogen) atoms. The number of nitrogens with zero attached hydrogens (tertiary/aromatic N) is 2. The Balaban J connectivity index is 2.38. The molecule has 3 nitrogen and oxygen atoms in total. The highest BCUT2D eigenvalue weighted by Crippen LogP contribution is 2.31. The van der Waals surface area contributed by atoms with Crippen molar-refractivity contribution in [2.45, 2.75) is 6.92 Å². The van der Waals surface area contributed by atoms with Crippen LogP contribution in [0, 0.1) is 6.92 Å². The molecule has 1 aromatic heterocycles. The molecule has 0 saturated heterocycles. The van der Waals surface area contributed by atoms with E-state index in [-0.39, 0.29) is 5.75 Å². The highest BCUT2D eigenvalue weighted by atomic mass is 79.9. The molecule has 0 saturated carbocycles. The molecule has 0 fully saturated rings. The summed E-state index contributed by atoms with van der Waals surface area (Å²) in [6.07, 6.45) is 3.29. The molecule has 0 unspecified atom stereocenters. The summed E-state index contributed by atoms with van der Waals surface area (Å²) in [6.45, 7) is 1.94. The number of aromatic nitrogens is 1. The quantitative estimate of drug-likeness (QED) is 0.798. The van der Waals surface area contributed by atoms with Gasteiger partial charge in [0.2, 0.25) is 0 Å². The highest BCUT2D eigenvalue weighted by molar-refractivity contribution is 9.11. The maximum absolute atomic E-state index is 9.89. The summed E-state index contributed by atoms with van der Waals surface area (Å²) in [6, 6.07) is 7.37. The van der Waals surface area contributed by atoms with Crippen LogP contribution < -0.4 is 0 Å². The predicted molar refractivity (Wildman–Crippen MR) is 79.7 cm³/mol. The molecule has 1 aromatic carbocycles. The fourth-order valence-electron chi connectivity index (χ4n) is 1.43. The van der Waals surface area contributed by atoms with E-state index in [1.165, 1.54) is 0 Å². The molecule has 0 aliphatic heterocycles. The van der Waals surface area contributed by atoms with Gasteiger partial charge in [-0.15, -0.1) is 0 Å². The number of phenols is 1. The second kappa shape index (κ2) is 5.63. The Hall–Kier alpha value is -1.20. The van der Waals surface area contributed by atoms with Gasteiger partial charge < -0.3 is 5.11 Å². The van der Waals surface area contributed by atoms with Crippen molar-refractivity contribution in [2.24, 2.45) is 4.99 Å². The van der Waals surface area contributed by atoms with Crippen LogP contribution in [0.1, 0.15) is 11.1 Å². The number of benzene rings is 1. The zero-order valence-corrected chi connectivity index (χ0v) is 12.7. The van der Waals surface area contributed by atoms with E-state index < -0.39 is 0 Å². The van der Waals surface area contributed by atoms with Crippen LogP contribution in [-0.2, 0) is 0 Å². The van der Waals surface area contributed by atoms with Gasteiger partial charge in [-0.2, -0.15) is 0 Å². The van der Waals surface area contributed by atoms with Crippen LogP contribution in [0.2, 0.25) is 0 Å². The number of halogens is 2. The van der Waals surface area contributed by atoms with E-state index in [9.17, 15) is 5.11 Å². The van der Waals surface area contributed by atoms with Gasteiger partial charge in [-0.05, 0) is 46.6 Å². The molecule has 2 rings (SSSR count). The second-order valence-electron chi connectivity index (χ2n) is 3.73. The van der Waals surface area contributed by atoms with Gasteiger partial charge in [-0.1, -0.05) is 22.0 Å². The van der Waals surface area contributed by atoms with Gasteiger partial charge in [0.15, 0.2) is 5.82 Å². The van der Waals surface area contributed by atoms with Crippen LogP contribution >= 0.6 is 31.9 Å². The normalized spacial score (nSPS) is 11.1. The summed E-state index contributed by atoms with van der Waals surface area (Å²) in [5.74, 6) is 0.809. The summed E-state index contributed by atoms with van der Waals surface area (Å²) in [4.78, 5) is 8.45. The van der Waals surface area contributed by atoms with E-state index in [4.69, 9.17) is 0 Å². The van der Waals surface area contributed by atoms with Crippen molar-refractivity contribution in [3.05, 3.63) is 50.5 Å². The minimum Gasteiger partial charge on any atom is -0.506 e. The minimum absolute atomic E-state index is 0.163. The first-order chi connectivity index (χ1) is 8.58. The number of aryl methyl sites for hydroxylation is 1. The van der Waals surface area contributed by atoms with Crippen LogP contribution in [0.4, 0.5) is 5.82 Å². The number of hydrogen-bond donors (Lipinski definition) is 1. The number of hydrogen-bond acceptors (Lipinski definition) is 3. The first-order valence-electron chi connectivity index (χ1n) is 5.21. The Bertz CT molecular complexity index is 612. The van der Waals surface area contributed by atoms with E-state index in [2.05, 4.69) is 41.8 Å². The molecule has 0 aliphatic rings. The van der Waals surface area contributed by atoms with Crippen LogP contribution in [0.3, 0.4) is 0 Å². The molecule has 0 spiro atoms. The third-order valence-corrected chi connectivity index (χ3v) is 3.43. The van der Waals surface area contributed by atoms with Crippen molar-refractivity contribution in [2.75, 3.05) is 0 Å². The Morgan fingerprint density at radius 3 is 2.83 bits per heavy atom. The summed E-state index contributed by atoms with van der Waals surface area (Å²) >= 11 is 6.65. The summed E-state index contributed by atoms with van der Waals surface area (Å²) in [7, 11) is 0. The van der Waals surface area contributed by atoms with Crippen LogP contribution in [0.25, 0.3) is 0 Å². The third-order valence-electron chi connectivity index (χ3n) is 2.37. The standard InChI is InChI=1S/C13H10Br2N2O/c1-8-3-2-4-16-13(8)17-7-9-5-10(14)6-11(15)12(9)18/h2-7,18H,1H3/b17-7+. The first kappa shape index (κ1) is 13.2. The van der Waals surface area contributed by atoms with Crippen molar-refractivity contribution in [1.82, 2.24) is 4.98 Å². The lowest BCUT2D eigenvalue weighted by atomic mass is 10.2. The molecule has 2 aromatic rings. The van der Waals surface area contributed by atoms with Gasteiger partial charge in [-0.3, -0.25) is 0 Å². The fourth-order valence-corrected chi connectivity index (χ4v) is 2.69. The van der Waals surface area contributed by atoms with Crippen LogP contribution in [0.5, 0.6) is 5.75 Å². The van der Waals surface area contributed by atoms with E-state index in [0.29, 0.717) is 15.9 Å². The molecule has 0 atom stereocenters. The molecule has 92 valence electrons. The van der Waals surface area contributed by atoms with Gasteiger partial charge in [0.25, 0.3) is 0 Å². The first-order valence-corrected chi connectivity index (χ1v) is 6.80. The van der Waals surface area contributed by atoms with Gasteiger partial charge in [0.05, 0.1) is 4.47 Å².